The minimum Gasteiger partial charge on any atom is -0.410 e. The van der Waals surface area contributed by atoms with Gasteiger partial charge in [0.25, 0.3) is 0 Å². The Kier molecular flexibility index (Phi) is 2.98. The monoisotopic (exact) mass is 271 g/mol. The van der Waals surface area contributed by atoms with Gasteiger partial charge >= 0.3 is 0 Å². The molecule has 1 aromatic heterocycles. The van der Waals surface area contributed by atoms with E-state index in [1.165, 1.54) is 4.68 Å². The summed E-state index contributed by atoms with van der Waals surface area (Å²) in [6, 6.07) is 0. The van der Waals surface area contributed by atoms with Crippen LogP contribution in [0.4, 0.5) is 0 Å². The van der Waals surface area contributed by atoms with Crippen LogP contribution in [0.5, 0.6) is 0 Å². The smallest absolute Gasteiger partial charge is 0.181 e. The summed E-state index contributed by atoms with van der Waals surface area (Å²) in [5, 5.41) is 15.1. The van der Waals surface area contributed by atoms with E-state index < -0.39 is 0 Å². The predicted molar refractivity (Wildman–Crippen MR) is 50.1 cm³/mol. The molecule has 12 heavy (non-hydrogen) atoms. The third-order valence-corrected chi connectivity index (χ3v) is 2.67. The minimum atomic E-state index is -0.0972. The first-order valence-electron chi connectivity index (χ1n) is 2.83. The third kappa shape index (κ3) is 1.57. The SMILES string of the molecule is Cn1nc(Cl)c(C(Cl)=NO)c1Br. The number of aromatic nitrogens is 2. The second-order valence-electron chi connectivity index (χ2n) is 1.97. The van der Waals surface area contributed by atoms with Crippen molar-refractivity contribution in [2.75, 3.05) is 0 Å². The fraction of sp³-hybridized carbons (Fsp3) is 0.200. The molecule has 0 amide bonds. The van der Waals surface area contributed by atoms with Gasteiger partial charge in [0.1, 0.15) is 4.60 Å². The molecule has 0 saturated heterocycles. The van der Waals surface area contributed by atoms with Crippen molar-refractivity contribution in [3.05, 3.63) is 15.3 Å². The predicted octanol–water partition coefficient (Wildman–Crippen LogP) is 2.21. The van der Waals surface area contributed by atoms with Crippen molar-refractivity contribution in [3.63, 3.8) is 0 Å². The van der Waals surface area contributed by atoms with E-state index in [0.29, 0.717) is 10.2 Å². The molecule has 0 unspecified atom stereocenters. The van der Waals surface area contributed by atoms with Crippen LogP contribution in [-0.4, -0.2) is 20.2 Å². The van der Waals surface area contributed by atoms with Crippen LogP contribution in [0.3, 0.4) is 0 Å². The van der Waals surface area contributed by atoms with Crippen LogP contribution >= 0.6 is 39.1 Å². The van der Waals surface area contributed by atoms with Crippen molar-refractivity contribution in [3.8, 4) is 0 Å². The van der Waals surface area contributed by atoms with Crippen molar-refractivity contribution >= 4 is 44.3 Å². The van der Waals surface area contributed by atoms with Crippen LogP contribution in [0, 0.1) is 0 Å². The Bertz CT molecular complexity index is 336. The second-order valence-corrected chi connectivity index (χ2v) is 3.44. The van der Waals surface area contributed by atoms with Crippen LogP contribution in [0.25, 0.3) is 0 Å². The zero-order valence-corrected chi connectivity index (χ0v) is 9.02. The first-order chi connectivity index (χ1) is 5.57. The van der Waals surface area contributed by atoms with E-state index in [2.05, 4.69) is 26.2 Å². The Hall–Kier alpha value is -0.260. The molecule has 0 spiro atoms. The molecule has 66 valence electrons. The molecule has 1 heterocycles. The zero-order chi connectivity index (χ0) is 9.30. The van der Waals surface area contributed by atoms with Crippen molar-refractivity contribution in [2.45, 2.75) is 0 Å². The minimum absolute atomic E-state index is 0.0972. The summed E-state index contributed by atoms with van der Waals surface area (Å²) in [6.07, 6.45) is 0. The molecule has 0 aliphatic heterocycles. The topological polar surface area (TPSA) is 50.4 Å². The maximum Gasteiger partial charge on any atom is 0.181 e. The van der Waals surface area contributed by atoms with Crippen molar-refractivity contribution in [1.29, 1.82) is 0 Å². The number of oxime groups is 1. The molecule has 1 aromatic rings. The number of aryl methyl sites for hydroxylation is 1. The van der Waals surface area contributed by atoms with E-state index in [0.717, 1.165) is 0 Å². The van der Waals surface area contributed by atoms with Gasteiger partial charge in [-0.2, -0.15) is 5.10 Å². The van der Waals surface area contributed by atoms with Crippen LogP contribution < -0.4 is 0 Å². The van der Waals surface area contributed by atoms with E-state index in [1.807, 2.05) is 0 Å². The molecule has 0 radical (unpaired) electrons. The van der Waals surface area contributed by atoms with Gasteiger partial charge in [0.15, 0.2) is 10.3 Å². The molecule has 1 N–H and O–H groups in total. The summed E-state index contributed by atoms with van der Waals surface area (Å²) in [7, 11) is 1.68. The summed E-state index contributed by atoms with van der Waals surface area (Å²) < 4.78 is 2.04. The molecule has 0 aliphatic rings. The van der Waals surface area contributed by atoms with E-state index in [4.69, 9.17) is 28.4 Å². The largest absolute Gasteiger partial charge is 0.410 e. The van der Waals surface area contributed by atoms with Crippen molar-refractivity contribution in [1.82, 2.24) is 9.78 Å². The highest BCUT2D eigenvalue weighted by molar-refractivity contribution is 9.10. The van der Waals surface area contributed by atoms with Crippen LogP contribution in [0.2, 0.25) is 5.15 Å². The Morgan fingerprint density at radius 2 is 2.33 bits per heavy atom. The first kappa shape index (κ1) is 9.83. The van der Waals surface area contributed by atoms with E-state index in [9.17, 15) is 0 Å². The average Bonchev–Trinajstić information content (AvgIpc) is 2.26. The van der Waals surface area contributed by atoms with Gasteiger partial charge in [-0.1, -0.05) is 28.4 Å². The van der Waals surface area contributed by atoms with Gasteiger partial charge in [-0.05, 0) is 15.9 Å². The summed E-state index contributed by atoms with van der Waals surface area (Å²) in [4.78, 5) is 0. The molecular weight excluding hydrogens is 269 g/mol. The van der Waals surface area contributed by atoms with Crippen LogP contribution in [0.15, 0.2) is 9.76 Å². The lowest BCUT2D eigenvalue weighted by Crippen LogP contribution is -1.93. The first-order valence-corrected chi connectivity index (χ1v) is 4.38. The fourth-order valence-electron chi connectivity index (χ4n) is 0.693. The lowest BCUT2D eigenvalue weighted by Gasteiger charge is -1.93. The van der Waals surface area contributed by atoms with E-state index in [-0.39, 0.29) is 10.3 Å². The third-order valence-electron chi connectivity index (χ3n) is 1.23. The molecule has 0 aliphatic carbocycles. The fourth-order valence-corrected chi connectivity index (χ4v) is 1.90. The van der Waals surface area contributed by atoms with Crippen LogP contribution in [-0.2, 0) is 7.05 Å². The molecular formula is C5H4BrCl2N3O. The summed E-state index contributed by atoms with van der Waals surface area (Å²) in [5.74, 6) is 0. The molecule has 0 atom stereocenters. The molecule has 0 saturated carbocycles. The van der Waals surface area contributed by atoms with Crippen molar-refractivity contribution in [2.24, 2.45) is 12.2 Å². The Balaban J connectivity index is 3.32. The number of rotatable bonds is 1. The van der Waals surface area contributed by atoms with Gasteiger partial charge in [0, 0.05) is 7.05 Å². The van der Waals surface area contributed by atoms with Crippen LogP contribution in [0.1, 0.15) is 5.56 Å². The van der Waals surface area contributed by atoms with Crippen molar-refractivity contribution < 1.29 is 5.21 Å². The lowest BCUT2D eigenvalue weighted by molar-refractivity contribution is 0.321. The highest BCUT2D eigenvalue weighted by Crippen LogP contribution is 2.25. The highest BCUT2D eigenvalue weighted by Gasteiger charge is 2.16. The maximum absolute atomic E-state index is 8.39. The molecule has 0 fully saturated rings. The van der Waals surface area contributed by atoms with Gasteiger partial charge in [-0.3, -0.25) is 4.68 Å². The summed E-state index contributed by atoms with van der Waals surface area (Å²) >= 11 is 14.4. The Morgan fingerprint density at radius 3 is 2.67 bits per heavy atom. The van der Waals surface area contributed by atoms with Gasteiger partial charge in [0.2, 0.25) is 0 Å². The number of hydrogen-bond acceptors (Lipinski definition) is 3. The summed E-state index contributed by atoms with van der Waals surface area (Å²) in [6.45, 7) is 0. The molecule has 7 heteroatoms. The van der Waals surface area contributed by atoms with Gasteiger partial charge in [-0.25, -0.2) is 0 Å². The second kappa shape index (κ2) is 3.64. The quantitative estimate of drug-likeness (QED) is 0.484. The summed E-state index contributed by atoms with van der Waals surface area (Å²) in [5.41, 5.74) is 0.378. The van der Waals surface area contributed by atoms with Gasteiger partial charge < -0.3 is 5.21 Å². The lowest BCUT2D eigenvalue weighted by atomic mass is 10.4. The molecule has 1 rings (SSSR count). The molecule has 0 aromatic carbocycles. The van der Waals surface area contributed by atoms with Gasteiger partial charge in [-0.15, -0.1) is 0 Å². The number of nitrogens with zero attached hydrogens (tertiary/aromatic N) is 3. The number of hydrogen-bond donors (Lipinski definition) is 1. The van der Waals surface area contributed by atoms with Gasteiger partial charge in [0.05, 0.1) is 5.56 Å². The highest BCUT2D eigenvalue weighted by atomic mass is 79.9. The maximum atomic E-state index is 8.39. The molecule has 0 bridgehead atoms. The molecule has 4 nitrogen and oxygen atoms in total. The normalized spacial score (nSPS) is 12.2. The standard InChI is InChI=1S/C5H4BrCl2N3O/c1-11-3(6)2(4(7)9-11)5(8)10-12/h12H,1H3. The average molecular weight is 273 g/mol. The Morgan fingerprint density at radius 1 is 1.75 bits per heavy atom. The zero-order valence-electron chi connectivity index (χ0n) is 5.92. The Labute approximate surface area is 86.9 Å². The van der Waals surface area contributed by atoms with E-state index in [1.54, 1.807) is 7.05 Å². The number of halogens is 3. The van der Waals surface area contributed by atoms with E-state index >= 15 is 0 Å².